The molecule has 11 nitrogen and oxygen atoms in total. The zero-order valence-corrected chi connectivity index (χ0v) is 19.4. The topological polar surface area (TPSA) is 131 Å². The van der Waals surface area contributed by atoms with Crippen molar-refractivity contribution in [1.82, 2.24) is 24.2 Å². The van der Waals surface area contributed by atoms with Gasteiger partial charge in [0.05, 0.1) is 23.8 Å². The van der Waals surface area contributed by atoms with Crippen LogP contribution in [0.4, 0.5) is 17.7 Å². The van der Waals surface area contributed by atoms with E-state index < -0.39 is 10.0 Å². The number of anilines is 3. The molecule has 2 saturated heterocycles. The number of piperazine rings is 1. The highest BCUT2D eigenvalue weighted by molar-refractivity contribution is 7.89. The average molecular weight is 483 g/mol. The number of nitrogens with two attached hydrogens (primary N) is 1. The summed E-state index contributed by atoms with van der Waals surface area (Å²) in [6.07, 6.45) is 3.28. The van der Waals surface area contributed by atoms with E-state index in [0.29, 0.717) is 69.0 Å². The maximum atomic E-state index is 13.0. The summed E-state index contributed by atoms with van der Waals surface area (Å²) in [6, 6.07) is 10.4. The molecule has 2 N–H and O–H groups in total. The van der Waals surface area contributed by atoms with Crippen LogP contribution in [0.25, 0.3) is 11.3 Å². The van der Waals surface area contributed by atoms with Crippen molar-refractivity contribution < 1.29 is 13.2 Å². The highest BCUT2D eigenvalue weighted by Gasteiger charge is 2.29. The lowest BCUT2D eigenvalue weighted by atomic mass is 10.2. The number of benzene rings is 1. The van der Waals surface area contributed by atoms with Gasteiger partial charge in [-0.05, 0) is 12.1 Å². The van der Waals surface area contributed by atoms with Gasteiger partial charge in [-0.3, -0.25) is 0 Å². The van der Waals surface area contributed by atoms with E-state index in [9.17, 15) is 8.42 Å². The van der Waals surface area contributed by atoms with Crippen molar-refractivity contribution in [2.24, 2.45) is 0 Å². The van der Waals surface area contributed by atoms with Crippen LogP contribution in [0.15, 0.2) is 53.7 Å². The van der Waals surface area contributed by atoms with Gasteiger partial charge in [0.15, 0.2) is 0 Å². The highest BCUT2D eigenvalue weighted by atomic mass is 32.2. The van der Waals surface area contributed by atoms with Gasteiger partial charge in [-0.2, -0.15) is 9.29 Å². The Labute approximate surface area is 198 Å². The van der Waals surface area contributed by atoms with Crippen molar-refractivity contribution in [2.45, 2.75) is 4.90 Å². The second kappa shape index (κ2) is 9.49. The number of ether oxygens (including phenoxy) is 1. The maximum Gasteiger partial charge on any atom is 0.243 e. The molecule has 1 aromatic carbocycles. The number of aromatic nitrogens is 4. The Bertz CT molecular complexity index is 1230. The molecule has 2 aromatic heterocycles. The molecule has 2 aliphatic rings. The number of rotatable bonds is 5. The smallest absolute Gasteiger partial charge is 0.243 e. The van der Waals surface area contributed by atoms with E-state index in [2.05, 4.69) is 19.8 Å². The number of nitrogens with zero attached hydrogens (tertiary/aromatic N) is 7. The van der Waals surface area contributed by atoms with Gasteiger partial charge in [-0.15, -0.1) is 0 Å². The van der Waals surface area contributed by atoms with Crippen LogP contribution in [0.1, 0.15) is 0 Å². The van der Waals surface area contributed by atoms with Gasteiger partial charge >= 0.3 is 0 Å². The fraction of sp³-hybridized carbons (Fsp3) is 0.364. The van der Waals surface area contributed by atoms with E-state index in [-0.39, 0.29) is 5.95 Å². The third-order valence-corrected chi connectivity index (χ3v) is 7.82. The van der Waals surface area contributed by atoms with Gasteiger partial charge in [-0.25, -0.2) is 23.4 Å². The van der Waals surface area contributed by atoms with Gasteiger partial charge in [0.1, 0.15) is 5.82 Å². The molecule has 0 saturated carbocycles. The summed E-state index contributed by atoms with van der Waals surface area (Å²) in [4.78, 5) is 22.2. The van der Waals surface area contributed by atoms with Gasteiger partial charge in [0.2, 0.25) is 21.9 Å². The Balaban J connectivity index is 1.40. The molecule has 0 spiro atoms. The van der Waals surface area contributed by atoms with Crippen LogP contribution in [-0.4, -0.2) is 85.1 Å². The van der Waals surface area contributed by atoms with Gasteiger partial charge in [0.25, 0.3) is 0 Å². The fourth-order valence-electron chi connectivity index (χ4n) is 4.01. The lowest BCUT2D eigenvalue weighted by molar-refractivity contribution is 0.122. The van der Waals surface area contributed by atoms with Gasteiger partial charge in [-0.1, -0.05) is 18.2 Å². The standard InChI is InChI=1S/C22H26N8O3S/c23-21-24-15-17(16-25-21)19-14-20(27-22(26-19)29-10-12-33-13-11-29)28-6-8-30(9-7-28)34(31,32)18-4-2-1-3-5-18/h1-5,14-16H,6-13H2,(H2,23,24,25). The Morgan fingerprint density at radius 2 is 1.53 bits per heavy atom. The summed E-state index contributed by atoms with van der Waals surface area (Å²) in [5.41, 5.74) is 7.07. The largest absolute Gasteiger partial charge is 0.378 e. The summed E-state index contributed by atoms with van der Waals surface area (Å²) in [6.45, 7) is 4.40. The SMILES string of the molecule is Nc1ncc(-c2cc(N3CCN(S(=O)(=O)c4ccccc4)CC3)nc(N3CCOCC3)n2)cn1. The van der Waals surface area contributed by atoms with Crippen LogP contribution in [0.5, 0.6) is 0 Å². The van der Waals surface area contributed by atoms with Gasteiger partial charge in [0, 0.05) is 63.3 Å². The molecule has 5 rings (SSSR count). The monoisotopic (exact) mass is 482 g/mol. The van der Waals surface area contributed by atoms with Crippen LogP contribution in [0, 0.1) is 0 Å². The Morgan fingerprint density at radius 1 is 0.853 bits per heavy atom. The van der Waals surface area contributed by atoms with Crippen molar-refractivity contribution in [3.8, 4) is 11.3 Å². The fourth-order valence-corrected chi connectivity index (χ4v) is 5.45. The van der Waals surface area contributed by atoms with Crippen molar-refractivity contribution in [3.05, 3.63) is 48.8 Å². The Morgan fingerprint density at radius 3 is 2.21 bits per heavy atom. The molecule has 2 fully saturated rings. The van der Waals surface area contributed by atoms with Crippen LogP contribution in [0.3, 0.4) is 0 Å². The zero-order chi connectivity index (χ0) is 23.5. The van der Waals surface area contributed by atoms with Crippen molar-refractivity contribution in [3.63, 3.8) is 0 Å². The van der Waals surface area contributed by atoms with Crippen LogP contribution in [-0.2, 0) is 14.8 Å². The predicted molar refractivity (Wildman–Crippen MR) is 128 cm³/mol. The average Bonchev–Trinajstić information content (AvgIpc) is 2.90. The molecule has 2 aliphatic heterocycles. The van der Waals surface area contributed by atoms with E-state index in [4.69, 9.17) is 20.4 Å². The van der Waals surface area contributed by atoms with Crippen molar-refractivity contribution >= 4 is 27.7 Å². The molecule has 12 heteroatoms. The quantitative estimate of drug-likeness (QED) is 0.559. The third-order valence-electron chi connectivity index (χ3n) is 5.91. The summed E-state index contributed by atoms with van der Waals surface area (Å²) < 4.78 is 33.0. The summed E-state index contributed by atoms with van der Waals surface area (Å²) in [5, 5.41) is 0. The molecular weight excluding hydrogens is 456 g/mol. The normalized spacial score (nSPS) is 17.6. The molecule has 34 heavy (non-hydrogen) atoms. The minimum atomic E-state index is -3.52. The number of hydrogen-bond acceptors (Lipinski definition) is 10. The number of nitrogen functional groups attached to an aromatic ring is 1. The number of sulfonamides is 1. The number of morpholine rings is 1. The lowest BCUT2D eigenvalue weighted by Gasteiger charge is -2.35. The van der Waals surface area contributed by atoms with E-state index in [1.807, 2.05) is 12.1 Å². The Kier molecular flexibility index (Phi) is 6.26. The Hall–Kier alpha value is -3.35. The molecule has 0 amide bonds. The van der Waals surface area contributed by atoms with E-state index >= 15 is 0 Å². The van der Waals surface area contributed by atoms with E-state index in [1.54, 1.807) is 36.7 Å². The van der Waals surface area contributed by atoms with E-state index in [0.717, 1.165) is 11.4 Å². The van der Waals surface area contributed by atoms with Crippen molar-refractivity contribution in [2.75, 3.05) is 68.0 Å². The van der Waals surface area contributed by atoms with Crippen molar-refractivity contribution in [1.29, 1.82) is 0 Å². The van der Waals surface area contributed by atoms with Crippen LogP contribution >= 0.6 is 0 Å². The molecule has 178 valence electrons. The summed E-state index contributed by atoms with van der Waals surface area (Å²) in [5.74, 6) is 1.54. The minimum Gasteiger partial charge on any atom is -0.378 e. The van der Waals surface area contributed by atoms with Crippen LogP contribution in [0.2, 0.25) is 0 Å². The van der Waals surface area contributed by atoms with Gasteiger partial charge < -0.3 is 20.3 Å². The summed E-state index contributed by atoms with van der Waals surface area (Å²) in [7, 11) is -3.52. The predicted octanol–water partition coefficient (Wildman–Crippen LogP) is 0.863. The first-order chi connectivity index (χ1) is 16.5. The molecule has 0 atom stereocenters. The number of hydrogen-bond donors (Lipinski definition) is 1. The first kappa shape index (κ1) is 22.4. The van der Waals surface area contributed by atoms with Crippen LogP contribution < -0.4 is 15.5 Å². The van der Waals surface area contributed by atoms with E-state index in [1.165, 1.54) is 4.31 Å². The zero-order valence-electron chi connectivity index (χ0n) is 18.6. The molecule has 4 heterocycles. The maximum absolute atomic E-state index is 13.0. The second-order valence-corrected chi connectivity index (χ2v) is 9.98. The first-order valence-electron chi connectivity index (χ1n) is 11.1. The first-order valence-corrected chi connectivity index (χ1v) is 12.5. The molecular formula is C22H26N8O3S. The third kappa shape index (κ3) is 4.65. The highest BCUT2D eigenvalue weighted by Crippen LogP contribution is 2.26. The molecule has 0 bridgehead atoms. The molecule has 0 radical (unpaired) electrons. The molecule has 0 aliphatic carbocycles. The molecule has 3 aromatic rings. The molecule has 0 unspecified atom stereocenters. The lowest BCUT2D eigenvalue weighted by Crippen LogP contribution is -2.49. The second-order valence-electron chi connectivity index (χ2n) is 8.04. The minimum absolute atomic E-state index is 0.196. The summed E-state index contributed by atoms with van der Waals surface area (Å²) >= 11 is 0.